The number of fused-ring (bicyclic) bond motifs is 1. The highest BCUT2D eigenvalue weighted by atomic mass is 35.5. The number of anilines is 1. The van der Waals surface area contributed by atoms with Crippen molar-refractivity contribution in [3.63, 3.8) is 0 Å². The Hall–Kier alpha value is -3.15. The monoisotopic (exact) mass is 589 g/mol. The molecule has 12 heteroatoms. The number of para-hydroxylation sites is 1. The maximum atomic E-state index is 14.1. The van der Waals surface area contributed by atoms with Crippen molar-refractivity contribution in [3.8, 4) is 11.3 Å². The van der Waals surface area contributed by atoms with Gasteiger partial charge in [0.15, 0.2) is 0 Å². The molecule has 2 aliphatic rings. The highest BCUT2D eigenvalue weighted by Crippen LogP contribution is 2.34. The molecule has 0 radical (unpaired) electrons. The van der Waals surface area contributed by atoms with Crippen LogP contribution in [-0.2, 0) is 4.79 Å². The minimum absolute atomic E-state index is 0.00343. The van der Waals surface area contributed by atoms with Crippen LogP contribution in [0.15, 0.2) is 48.8 Å². The Morgan fingerprint density at radius 3 is 2.83 bits per heavy atom. The number of nitrogens with zero attached hydrogens (tertiary/aromatic N) is 5. The van der Waals surface area contributed by atoms with E-state index < -0.39 is 18.1 Å². The van der Waals surface area contributed by atoms with Crippen molar-refractivity contribution in [2.45, 2.75) is 50.0 Å². The summed E-state index contributed by atoms with van der Waals surface area (Å²) in [6, 6.07) is 6.03. The van der Waals surface area contributed by atoms with Crippen LogP contribution in [0.1, 0.15) is 25.7 Å². The maximum Gasteiger partial charge on any atom is 0.410 e. The minimum atomic E-state index is -4.51. The maximum absolute atomic E-state index is 14.1. The van der Waals surface area contributed by atoms with E-state index in [0.717, 1.165) is 40.6 Å². The summed E-state index contributed by atoms with van der Waals surface area (Å²) in [5, 5.41) is 4.85. The third kappa shape index (κ3) is 6.85. The van der Waals surface area contributed by atoms with Gasteiger partial charge in [0, 0.05) is 67.0 Å². The van der Waals surface area contributed by atoms with Gasteiger partial charge in [0.1, 0.15) is 6.04 Å². The number of aromatic nitrogens is 3. The molecule has 3 aromatic rings. The Morgan fingerprint density at radius 2 is 2.05 bits per heavy atom. The number of carbonyl (C=O) groups excluding carboxylic acids is 1. The number of aromatic amines is 1. The smallest absolute Gasteiger partial charge is 0.360 e. The summed E-state index contributed by atoms with van der Waals surface area (Å²) in [6.45, 7) is 0.702. The van der Waals surface area contributed by atoms with E-state index in [1.54, 1.807) is 12.3 Å². The van der Waals surface area contributed by atoms with Gasteiger partial charge in [-0.05, 0) is 45.8 Å². The van der Waals surface area contributed by atoms with E-state index in [4.69, 9.17) is 16.6 Å². The van der Waals surface area contributed by atoms with Gasteiger partial charge in [-0.1, -0.05) is 35.9 Å². The number of halogens is 4. The Kier molecular flexibility index (Phi) is 8.86. The summed E-state index contributed by atoms with van der Waals surface area (Å²) in [5.41, 5.74) is 2.47. The molecule has 0 bridgehead atoms. The van der Waals surface area contributed by atoms with Crippen molar-refractivity contribution in [2.24, 2.45) is 0 Å². The number of rotatable bonds is 7. The second-order valence-corrected chi connectivity index (χ2v) is 11.5. The number of alkyl halides is 3. The highest BCUT2D eigenvalue weighted by molar-refractivity contribution is 6.33. The number of H-pyrrole nitrogens is 1. The molecule has 2 N–H and O–H groups in total. The first-order chi connectivity index (χ1) is 19.6. The van der Waals surface area contributed by atoms with Crippen LogP contribution in [-0.4, -0.2) is 100 Å². The van der Waals surface area contributed by atoms with Crippen molar-refractivity contribution in [3.05, 3.63) is 53.8 Å². The summed E-state index contributed by atoms with van der Waals surface area (Å²) < 4.78 is 42.3. The number of amides is 1. The SMILES string of the molecule is CN(C)C/C=C/C(=O)N1CCN([C@@H]2CCC[C@@H](Nc3ncc(Cl)c(-c4c[nH]c5ccccc45)n3)C2)CC1C(F)(F)F. The van der Waals surface area contributed by atoms with Crippen LogP contribution in [0.5, 0.6) is 0 Å². The minimum Gasteiger partial charge on any atom is -0.360 e. The number of carbonyl (C=O) groups is 1. The average molecular weight is 590 g/mol. The first kappa shape index (κ1) is 29.3. The van der Waals surface area contributed by atoms with E-state index in [2.05, 4.69) is 15.3 Å². The lowest BCUT2D eigenvalue weighted by Gasteiger charge is -2.46. The number of hydrogen-bond acceptors (Lipinski definition) is 6. The molecule has 5 rings (SSSR count). The van der Waals surface area contributed by atoms with Gasteiger partial charge in [-0.2, -0.15) is 13.2 Å². The molecule has 1 aromatic carbocycles. The first-order valence-corrected chi connectivity index (χ1v) is 14.3. The molecule has 1 aliphatic carbocycles. The number of hydrogen-bond donors (Lipinski definition) is 2. The van der Waals surface area contributed by atoms with Crippen LogP contribution in [0.4, 0.5) is 19.1 Å². The predicted octanol–water partition coefficient (Wildman–Crippen LogP) is 5.19. The van der Waals surface area contributed by atoms with Crippen molar-refractivity contribution in [1.29, 1.82) is 0 Å². The fourth-order valence-corrected chi connectivity index (χ4v) is 6.03. The first-order valence-electron chi connectivity index (χ1n) is 13.9. The molecular weight excluding hydrogens is 555 g/mol. The Labute approximate surface area is 242 Å². The van der Waals surface area contributed by atoms with E-state index in [9.17, 15) is 18.0 Å². The van der Waals surface area contributed by atoms with Gasteiger partial charge in [-0.25, -0.2) is 9.97 Å². The molecule has 1 amide bonds. The molecule has 220 valence electrons. The van der Waals surface area contributed by atoms with Crippen LogP contribution in [0.25, 0.3) is 22.2 Å². The van der Waals surface area contributed by atoms with Gasteiger partial charge in [0.2, 0.25) is 11.9 Å². The van der Waals surface area contributed by atoms with Gasteiger partial charge in [0.25, 0.3) is 0 Å². The molecule has 1 unspecified atom stereocenters. The number of likely N-dealkylation sites (N-methyl/N-ethyl adjacent to an activating group) is 1. The molecule has 1 saturated heterocycles. The zero-order valence-corrected chi connectivity index (χ0v) is 23.9. The second-order valence-electron chi connectivity index (χ2n) is 11.0. The fraction of sp³-hybridized carbons (Fsp3) is 0.483. The molecule has 3 atom stereocenters. The Morgan fingerprint density at radius 1 is 1.24 bits per heavy atom. The molecule has 8 nitrogen and oxygen atoms in total. The predicted molar refractivity (Wildman–Crippen MR) is 155 cm³/mol. The molecule has 3 heterocycles. The molecule has 2 aromatic heterocycles. The van der Waals surface area contributed by atoms with Gasteiger partial charge in [0.05, 0.1) is 16.9 Å². The lowest BCUT2D eigenvalue weighted by atomic mass is 9.89. The third-order valence-electron chi connectivity index (χ3n) is 7.89. The van der Waals surface area contributed by atoms with E-state index in [0.29, 0.717) is 36.2 Å². The van der Waals surface area contributed by atoms with Crippen molar-refractivity contribution in [2.75, 3.05) is 45.6 Å². The van der Waals surface area contributed by atoms with E-state index in [-0.39, 0.29) is 25.2 Å². The largest absolute Gasteiger partial charge is 0.410 e. The zero-order chi connectivity index (χ0) is 29.1. The molecule has 2 fully saturated rings. The van der Waals surface area contributed by atoms with Crippen molar-refractivity contribution in [1.82, 2.24) is 29.7 Å². The number of nitrogens with one attached hydrogen (secondary N) is 2. The second kappa shape index (κ2) is 12.4. The molecular formula is C29H35ClF3N7O. The van der Waals surface area contributed by atoms with Crippen molar-refractivity contribution >= 4 is 34.4 Å². The summed E-state index contributed by atoms with van der Waals surface area (Å²) >= 11 is 6.48. The van der Waals surface area contributed by atoms with Crippen LogP contribution in [0, 0.1) is 0 Å². The molecule has 41 heavy (non-hydrogen) atoms. The fourth-order valence-electron chi connectivity index (χ4n) is 5.84. The third-order valence-corrected chi connectivity index (χ3v) is 8.16. The number of benzene rings is 1. The topological polar surface area (TPSA) is 80.4 Å². The molecule has 0 spiro atoms. The van der Waals surface area contributed by atoms with Gasteiger partial charge in [-0.15, -0.1) is 0 Å². The van der Waals surface area contributed by atoms with E-state index in [1.165, 1.54) is 6.08 Å². The van der Waals surface area contributed by atoms with Crippen LogP contribution in [0.2, 0.25) is 5.02 Å². The summed E-state index contributed by atoms with van der Waals surface area (Å²) in [4.78, 5) is 29.7. The van der Waals surface area contributed by atoms with Crippen molar-refractivity contribution < 1.29 is 18.0 Å². The van der Waals surface area contributed by atoms with E-state index >= 15 is 0 Å². The van der Waals surface area contributed by atoms with Crippen LogP contribution >= 0.6 is 11.6 Å². The number of piperazine rings is 1. The zero-order valence-electron chi connectivity index (χ0n) is 23.2. The summed E-state index contributed by atoms with van der Waals surface area (Å²) in [5.74, 6) is -0.156. The Balaban J connectivity index is 1.26. The summed E-state index contributed by atoms with van der Waals surface area (Å²) in [7, 11) is 3.67. The molecule has 1 saturated carbocycles. The average Bonchev–Trinajstić information content (AvgIpc) is 3.37. The lowest BCUT2D eigenvalue weighted by molar-refractivity contribution is -0.201. The normalized spacial score (nSPS) is 22.6. The standard InChI is InChI=1S/C29H35ClF3N7O/c1-38(2)12-6-11-26(41)40-14-13-39(18-25(40)29(31,32)33)20-8-5-7-19(15-20)36-28-35-17-23(30)27(37-28)22-16-34-24-10-4-3-9-21(22)24/h3-4,6,9-11,16-17,19-20,25,34H,5,7-8,12-15,18H2,1-2H3,(H,35,36,37)/b11-6+/t19-,20-,25?/m1/s1. The van der Waals surface area contributed by atoms with Gasteiger partial charge >= 0.3 is 6.18 Å². The quantitative estimate of drug-likeness (QED) is 0.369. The Bertz CT molecular complexity index is 1390. The lowest BCUT2D eigenvalue weighted by Crippen LogP contribution is -2.62. The van der Waals surface area contributed by atoms with Crippen LogP contribution < -0.4 is 5.32 Å². The van der Waals surface area contributed by atoms with E-state index in [1.807, 2.05) is 54.4 Å². The van der Waals surface area contributed by atoms with Gasteiger partial charge in [-0.3, -0.25) is 9.69 Å². The molecule has 1 aliphatic heterocycles. The summed E-state index contributed by atoms with van der Waals surface area (Å²) in [6.07, 6.45) is 5.00. The highest BCUT2D eigenvalue weighted by Gasteiger charge is 2.49. The van der Waals surface area contributed by atoms with Crippen LogP contribution in [0.3, 0.4) is 0 Å². The van der Waals surface area contributed by atoms with Gasteiger partial charge < -0.3 is 20.1 Å².